The summed E-state index contributed by atoms with van der Waals surface area (Å²) < 4.78 is 13.2. The summed E-state index contributed by atoms with van der Waals surface area (Å²) >= 11 is 18.8. The smallest absolute Gasteiger partial charge is 0.162 e. The number of ether oxygens (including phenoxy) is 2. The first-order valence-electron chi connectivity index (χ1n) is 6.24. The maximum atomic E-state index is 6.64. The Labute approximate surface area is 155 Å². The Morgan fingerprint density at radius 2 is 1.71 bits per heavy atom. The monoisotopic (exact) mass is 498 g/mol. The molecule has 0 amide bonds. The number of benzene rings is 2. The molecule has 0 radical (unpaired) electrons. The lowest BCUT2D eigenvalue weighted by Crippen LogP contribution is -2.15. The van der Waals surface area contributed by atoms with Gasteiger partial charge in [0.25, 0.3) is 0 Å². The molecule has 2 aromatic carbocycles. The van der Waals surface area contributed by atoms with Crippen LogP contribution in [0.1, 0.15) is 16.5 Å². The number of halogens is 4. The van der Waals surface area contributed by atoms with Gasteiger partial charge in [-0.3, -0.25) is 0 Å². The summed E-state index contributed by atoms with van der Waals surface area (Å²) in [4.78, 5) is 0. The molecule has 1 aliphatic rings. The van der Waals surface area contributed by atoms with Gasteiger partial charge in [-0.25, -0.2) is 0 Å². The molecule has 1 heterocycles. The van der Waals surface area contributed by atoms with Crippen LogP contribution in [0.15, 0.2) is 34.8 Å². The highest BCUT2D eigenvalue weighted by Gasteiger charge is 2.22. The van der Waals surface area contributed by atoms with E-state index in [0.29, 0.717) is 29.7 Å². The predicted octanol–water partition coefficient (Wildman–Crippen LogP) is 5.81. The molecular formula is C15H10BrCl2IO2. The summed E-state index contributed by atoms with van der Waals surface area (Å²) in [5.41, 5.74) is 1.78. The van der Waals surface area contributed by atoms with Crippen LogP contribution in [0.4, 0.5) is 0 Å². The normalized spacial score (nSPS) is 14.9. The first-order chi connectivity index (χ1) is 10.1. The third kappa shape index (κ3) is 3.28. The quantitative estimate of drug-likeness (QED) is 0.384. The van der Waals surface area contributed by atoms with Gasteiger partial charge in [0.05, 0.1) is 5.38 Å². The molecule has 0 aromatic heterocycles. The average Bonchev–Trinajstić information content (AvgIpc) is 2.48. The second kappa shape index (κ2) is 6.52. The Hall–Kier alpha value is -0.170. The van der Waals surface area contributed by atoms with Gasteiger partial charge in [-0.05, 0) is 58.0 Å². The highest BCUT2D eigenvalue weighted by molar-refractivity contribution is 14.1. The van der Waals surface area contributed by atoms with Crippen LogP contribution in [0.3, 0.4) is 0 Å². The van der Waals surface area contributed by atoms with Crippen molar-refractivity contribution in [3.63, 3.8) is 0 Å². The van der Waals surface area contributed by atoms with Gasteiger partial charge in [-0.1, -0.05) is 27.5 Å². The van der Waals surface area contributed by atoms with Crippen LogP contribution in [-0.4, -0.2) is 13.2 Å². The molecule has 1 aliphatic heterocycles. The van der Waals surface area contributed by atoms with Crippen molar-refractivity contribution in [3.05, 3.63) is 54.5 Å². The molecule has 2 nitrogen and oxygen atoms in total. The fraction of sp³-hybridized carbons (Fsp3) is 0.200. The Bertz CT molecular complexity index is 694. The van der Waals surface area contributed by atoms with Gasteiger partial charge in [-0.2, -0.15) is 0 Å². The maximum absolute atomic E-state index is 6.64. The second-order valence-electron chi connectivity index (χ2n) is 4.55. The van der Waals surface area contributed by atoms with E-state index in [2.05, 4.69) is 38.5 Å². The minimum absolute atomic E-state index is 0.364. The van der Waals surface area contributed by atoms with Crippen LogP contribution < -0.4 is 9.47 Å². The van der Waals surface area contributed by atoms with Crippen molar-refractivity contribution in [1.82, 2.24) is 0 Å². The zero-order valence-corrected chi connectivity index (χ0v) is 16.0. The molecule has 1 unspecified atom stereocenters. The summed E-state index contributed by atoms with van der Waals surface area (Å²) in [6, 6.07) is 9.67. The van der Waals surface area contributed by atoms with Crippen LogP contribution in [0.2, 0.25) is 5.02 Å². The molecule has 2 aromatic rings. The SMILES string of the molecule is Clc1cc2c(cc1C(Cl)c1cc(I)ccc1Br)OCCO2. The van der Waals surface area contributed by atoms with Gasteiger partial charge in [-0.15, -0.1) is 11.6 Å². The first kappa shape index (κ1) is 15.7. The third-order valence-electron chi connectivity index (χ3n) is 3.17. The van der Waals surface area contributed by atoms with Gasteiger partial charge >= 0.3 is 0 Å². The van der Waals surface area contributed by atoms with Crippen LogP contribution in [0, 0.1) is 3.57 Å². The summed E-state index contributed by atoms with van der Waals surface area (Å²) in [5.74, 6) is 1.36. The van der Waals surface area contributed by atoms with Crippen molar-refractivity contribution >= 4 is 61.7 Å². The van der Waals surface area contributed by atoms with E-state index in [-0.39, 0.29) is 5.38 Å². The van der Waals surface area contributed by atoms with Crippen molar-refractivity contribution in [1.29, 1.82) is 0 Å². The molecule has 0 bridgehead atoms. The molecule has 110 valence electrons. The van der Waals surface area contributed by atoms with Crippen molar-refractivity contribution in [3.8, 4) is 11.5 Å². The van der Waals surface area contributed by atoms with Crippen molar-refractivity contribution in [2.45, 2.75) is 5.38 Å². The van der Waals surface area contributed by atoms with Crippen molar-refractivity contribution in [2.24, 2.45) is 0 Å². The van der Waals surface area contributed by atoms with Gasteiger partial charge in [0.1, 0.15) is 13.2 Å². The summed E-state index contributed by atoms with van der Waals surface area (Å²) in [6.07, 6.45) is 0. The van der Waals surface area contributed by atoms with E-state index in [1.807, 2.05) is 24.3 Å². The molecule has 21 heavy (non-hydrogen) atoms. The second-order valence-corrected chi connectivity index (χ2v) is 7.49. The third-order valence-corrected chi connectivity index (χ3v) is 5.36. The Morgan fingerprint density at radius 1 is 1.05 bits per heavy atom. The molecule has 0 saturated carbocycles. The topological polar surface area (TPSA) is 18.5 Å². The molecule has 0 aliphatic carbocycles. The number of hydrogen-bond donors (Lipinski definition) is 0. The summed E-state index contributed by atoms with van der Waals surface area (Å²) in [6.45, 7) is 1.07. The van der Waals surface area contributed by atoms with Crippen LogP contribution in [0.5, 0.6) is 11.5 Å². The minimum Gasteiger partial charge on any atom is -0.486 e. The van der Waals surface area contributed by atoms with E-state index in [0.717, 1.165) is 19.2 Å². The molecule has 0 N–H and O–H groups in total. The highest BCUT2D eigenvalue weighted by Crippen LogP contribution is 2.43. The van der Waals surface area contributed by atoms with Gasteiger partial charge in [0.2, 0.25) is 0 Å². The van der Waals surface area contributed by atoms with Crippen LogP contribution in [-0.2, 0) is 0 Å². The Balaban J connectivity index is 2.05. The van der Waals surface area contributed by atoms with Crippen LogP contribution in [0.25, 0.3) is 0 Å². The molecule has 3 rings (SSSR count). The fourth-order valence-electron chi connectivity index (χ4n) is 2.15. The zero-order chi connectivity index (χ0) is 15.0. The molecule has 1 atom stereocenters. The van der Waals surface area contributed by atoms with Gasteiger partial charge in [0.15, 0.2) is 11.5 Å². The molecule has 0 saturated heterocycles. The van der Waals surface area contributed by atoms with E-state index >= 15 is 0 Å². The fourth-order valence-corrected chi connectivity index (χ4v) is 3.95. The molecule has 6 heteroatoms. The number of alkyl halides is 1. The van der Waals surface area contributed by atoms with E-state index in [1.165, 1.54) is 0 Å². The summed E-state index contributed by atoms with van der Waals surface area (Å²) in [7, 11) is 0. The van der Waals surface area contributed by atoms with E-state index in [1.54, 1.807) is 6.07 Å². The maximum Gasteiger partial charge on any atom is 0.162 e. The number of fused-ring (bicyclic) bond motifs is 1. The van der Waals surface area contributed by atoms with Gasteiger partial charge in [0, 0.05) is 19.1 Å². The van der Waals surface area contributed by atoms with Crippen LogP contribution >= 0.6 is 61.7 Å². The van der Waals surface area contributed by atoms with Crippen molar-refractivity contribution < 1.29 is 9.47 Å². The van der Waals surface area contributed by atoms with Crippen molar-refractivity contribution in [2.75, 3.05) is 13.2 Å². The highest BCUT2D eigenvalue weighted by atomic mass is 127. The largest absolute Gasteiger partial charge is 0.486 e. The number of rotatable bonds is 2. The predicted molar refractivity (Wildman–Crippen MR) is 97.0 cm³/mol. The standard InChI is InChI=1S/C15H10BrCl2IO2/c16-11-2-1-8(19)5-9(11)15(18)10-6-13-14(7-12(10)17)21-4-3-20-13/h1-2,5-7,15H,3-4H2. The Kier molecular flexibility index (Phi) is 4.88. The van der Waals surface area contributed by atoms with E-state index in [4.69, 9.17) is 32.7 Å². The molecule has 0 spiro atoms. The lowest BCUT2D eigenvalue weighted by molar-refractivity contribution is 0.171. The average molecular weight is 500 g/mol. The van der Waals surface area contributed by atoms with E-state index < -0.39 is 0 Å². The molecular weight excluding hydrogens is 490 g/mol. The van der Waals surface area contributed by atoms with Gasteiger partial charge < -0.3 is 9.47 Å². The zero-order valence-electron chi connectivity index (χ0n) is 10.7. The lowest BCUT2D eigenvalue weighted by atomic mass is 10.0. The summed E-state index contributed by atoms with van der Waals surface area (Å²) in [5, 5.41) is 0.211. The Morgan fingerprint density at radius 3 is 2.43 bits per heavy atom. The van der Waals surface area contributed by atoms with E-state index in [9.17, 15) is 0 Å². The first-order valence-corrected chi connectivity index (χ1v) is 8.93. The minimum atomic E-state index is -0.364. The number of hydrogen-bond acceptors (Lipinski definition) is 2. The molecule has 0 fully saturated rings. The lowest BCUT2D eigenvalue weighted by Gasteiger charge is -2.21.